The summed E-state index contributed by atoms with van der Waals surface area (Å²) >= 11 is 5.74. The molecule has 0 aliphatic rings. The van der Waals surface area contributed by atoms with Gasteiger partial charge in [0.2, 0.25) is 0 Å². The second-order valence-electron chi connectivity index (χ2n) is 2.70. The Balaban J connectivity index is 3.27. The van der Waals surface area contributed by atoms with Gasteiger partial charge in [-0.2, -0.15) is 0 Å². The van der Waals surface area contributed by atoms with Gasteiger partial charge < -0.3 is 14.8 Å². The maximum Gasteiger partial charge on any atom is 0.488 e. The quantitative estimate of drug-likeness (QED) is 0.677. The fourth-order valence-electron chi connectivity index (χ4n) is 1.15. The van der Waals surface area contributed by atoms with E-state index in [-0.39, 0.29) is 0 Å². The topological polar surface area (TPSA) is 49.7 Å². The largest absolute Gasteiger partial charge is 0.496 e. The van der Waals surface area contributed by atoms with Crippen molar-refractivity contribution in [2.24, 2.45) is 0 Å². The van der Waals surface area contributed by atoms with E-state index in [9.17, 15) is 0 Å². The van der Waals surface area contributed by atoms with E-state index < -0.39 is 7.12 Å². The van der Waals surface area contributed by atoms with Gasteiger partial charge in [-0.25, -0.2) is 0 Å². The summed E-state index contributed by atoms with van der Waals surface area (Å²) in [7, 11) is -0.0146. The molecule has 70 valence electrons. The Morgan fingerprint density at radius 3 is 2.46 bits per heavy atom. The maximum atomic E-state index is 8.99. The molecule has 0 fully saturated rings. The first kappa shape index (κ1) is 10.4. The van der Waals surface area contributed by atoms with Crippen LogP contribution in [0.2, 0.25) is 5.02 Å². The van der Waals surface area contributed by atoms with E-state index in [1.807, 2.05) is 0 Å². The third kappa shape index (κ3) is 2.15. The Bertz CT molecular complexity index is 315. The highest BCUT2D eigenvalue weighted by atomic mass is 35.5. The van der Waals surface area contributed by atoms with E-state index >= 15 is 0 Å². The molecule has 0 spiro atoms. The number of ether oxygens (including phenoxy) is 1. The average Bonchev–Trinajstić information content (AvgIpc) is 2.08. The Kier molecular flexibility index (Phi) is 3.19. The van der Waals surface area contributed by atoms with Crippen LogP contribution in [0.5, 0.6) is 5.75 Å². The molecule has 0 bridgehead atoms. The molecule has 0 saturated carbocycles. The van der Waals surface area contributed by atoms with Crippen molar-refractivity contribution in [3.63, 3.8) is 0 Å². The minimum Gasteiger partial charge on any atom is -0.496 e. The summed E-state index contributed by atoms with van der Waals surface area (Å²) in [5, 5.41) is 18.4. The summed E-state index contributed by atoms with van der Waals surface area (Å²) in [5.41, 5.74) is 1.05. The van der Waals surface area contributed by atoms with Gasteiger partial charge in [0.05, 0.1) is 7.11 Å². The van der Waals surface area contributed by atoms with Crippen LogP contribution in [-0.2, 0) is 0 Å². The lowest BCUT2D eigenvalue weighted by Gasteiger charge is -2.10. The average molecular weight is 200 g/mol. The second kappa shape index (κ2) is 4.00. The molecular weight excluding hydrogens is 190 g/mol. The van der Waals surface area contributed by atoms with Gasteiger partial charge >= 0.3 is 7.12 Å². The Labute approximate surface area is 82.1 Å². The lowest BCUT2D eigenvalue weighted by molar-refractivity contribution is 0.409. The molecule has 0 heterocycles. The van der Waals surface area contributed by atoms with E-state index in [4.69, 9.17) is 26.4 Å². The summed E-state index contributed by atoms with van der Waals surface area (Å²) in [5.74, 6) is 0.551. The van der Waals surface area contributed by atoms with Crippen molar-refractivity contribution in [3.8, 4) is 5.75 Å². The summed E-state index contributed by atoms with van der Waals surface area (Å²) in [4.78, 5) is 0. The fourth-order valence-corrected chi connectivity index (χ4v) is 1.37. The van der Waals surface area contributed by atoms with E-state index in [1.54, 1.807) is 13.0 Å². The molecule has 0 unspecified atom stereocenters. The summed E-state index contributed by atoms with van der Waals surface area (Å²) in [6, 6.07) is 3.13. The molecule has 1 aromatic rings. The third-order valence-electron chi connectivity index (χ3n) is 1.86. The molecule has 5 heteroatoms. The molecule has 0 amide bonds. The van der Waals surface area contributed by atoms with Gasteiger partial charge in [-0.3, -0.25) is 0 Å². The van der Waals surface area contributed by atoms with Crippen molar-refractivity contribution in [2.75, 3.05) is 7.11 Å². The summed E-state index contributed by atoms with van der Waals surface area (Å²) < 4.78 is 5.01. The molecule has 2 N–H and O–H groups in total. The molecule has 0 aliphatic carbocycles. The van der Waals surface area contributed by atoms with Gasteiger partial charge in [0.1, 0.15) is 5.75 Å². The van der Waals surface area contributed by atoms with Crippen molar-refractivity contribution in [2.45, 2.75) is 6.92 Å². The van der Waals surface area contributed by atoms with Crippen LogP contribution >= 0.6 is 11.6 Å². The highest BCUT2D eigenvalue weighted by Gasteiger charge is 2.17. The Hall–Kier alpha value is -0.705. The molecule has 0 aromatic heterocycles. The predicted octanol–water partition coefficient (Wildman–Crippen LogP) is 0.337. The monoisotopic (exact) mass is 200 g/mol. The van der Waals surface area contributed by atoms with Crippen molar-refractivity contribution in [3.05, 3.63) is 22.7 Å². The molecule has 0 atom stereocenters. The first-order valence-electron chi connectivity index (χ1n) is 3.76. The number of rotatable bonds is 2. The van der Waals surface area contributed by atoms with E-state index in [0.717, 1.165) is 0 Å². The highest BCUT2D eigenvalue weighted by molar-refractivity contribution is 6.59. The van der Waals surface area contributed by atoms with Gasteiger partial charge in [-0.15, -0.1) is 0 Å². The zero-order chi connectivity index (χ0) is 10.0. The van der Waals surface area contributed by atoms with Gasteiger partial charge in [0.25, 0.3) is 0 Å². The van der Waals surface area contributed by atoms with Crippen LogP contribution in [0.4, 0.5) is 0 Å². The van der Waals surface area contributed by atoms with Crippen LogP contribution in [0.1, 0.15) is 5.56 Å². The third-order valence-corrected chi connectivity index (χ3v) is 2.08. The molecule has 0 saturated heterocycles. The van der Waals surface area contributed by atoms with Crippen LogP contribution in [0.3, 0.4) is 0 Å². The first-order chi connectivity index (χ1) is 6.06. The van der Waals surface area contributed by atoms with E-state index in [2.05, 4.69) is 0 Å². The van der Waals surface area contributed by atoms with Gasteiger partial charge in [0.15, 0.2) is 0 Å². The number of benzene rings is 1. The van der Waals surface area contributed by atoms with E-state index in [0.29, 0.717) is 21.8 Å². The van der Waals surface area contributed by atoms with Crippen LogP contribution < -0.4 is 10.2 Å². The minimum absolute atomic E-state index is 0.365. The van der Waals surface area contributed by atoms with Crippen molar-refractivity contribution < 1.29 is 14.8 Å². The Morgan fingerprint density at radius 1 is 1.38 bits per heavy atom. The first-order valence-corrected chi connectivity index (χ1v) is 4.14. The molecule has 1 aromatic carbocycles. The zero-order valence-corrected chi connectivity index (χ0v) is 8.17. The van der Waals surface area contributed by atoms with Gasteiger partial charge in [0, 0.05) is 5.02 Å². The van der Waals surface area contributed by atoms with Crippen molar-refractivity contribution in [1.82, 2.24) is 0 Å². The fraction of sp³-hybridized carbons (Fsp3) is 0.250. The van der Waals surface area contributed by atoms with Crippen LogP contribution in [0.15, 0.2) is 12.1 Å². The molecule has 1 rings (SSSR count). The molecule has 3 nitrogen and oxygen atoms in total. The predicted molar refractivity (Wildman–Crippen MR) is 52.6 cm³/mol. The van der Waals surface area contributed by atoms with Crippen molar-refractivity contribution >= 4 is 24.2 Å². The summed E-state index contributed by atoms with van der Waals surface area (Å²) in [6.45, 7) is 1.74. The second-order valence-corrected chi connectivity index (χ2v) is 3.13. The van der Waals surface area contributed by atoms with Crippen LogP contribution in [-0.4, -0.2) is 24.3 Å². The molecule has 0 radical (unpaired) electrons. The standard InChI is InChI=1S/C8H10BClO3/c1-5-7(9(11)12)3-6(10)4-8(5)13-2/h3-4,11-12H,1-2H3. The molecule has 13 heavy (non-hydrogen) atoms. The number of hydrogen-bond acceptors (Lipinski definition) is 3. The number of methoxy groups -OCH3 is 1. The molecule has 0 aliphatic heterocycles. The smallest absolute Gasteiger partial charge is 0.488 e. The van der Waals surface area contributed by atoms with Crippen molar-refractivity contribution in [1.29, 1.82) is 0 Å². The Morgan fingerprint density at radius 2 is 2.00 bits per heavy atom. The maximum absolute atomic E-state index is 8.99. The zero-order valence-electron chi connectivity index (χ0n) is 7.41. The highest BCUT2D eigenvalue weighted by Crippen LogP contribution is 2.20. The molecular formula is C8H10BClO3. The van der Waals surface area contributed by atoms with Gasteiger partial charge in [-0.05, 0) is 30.1 Å². The lowest BCUT2D eigenvalue weighted by Crippen LogP contribution is -2.32. The normalized spacial score (nSPS) is 9.92. The van der Waals surface area contributed by atoms with E-state index in [1.165, 1.54) is 13.2 Å². The van der Waals surface area contributed by atoms with Crippen LogP contribution in [0.25, 0.3) is 0 Å². The summed E-state index contributed by atoms with van der Waals surface area (Å²) in [6.07, 6.45) is 0. The minimum atomic E-state index is -1.52. The SMILES string of the molecule is COc1cc(Cl)cc(B(O)O)c1C. The van der Waals surface area contributed by atoms with Crippen LogP contribution in [0, 0.1) is 6.92 Å². The number of hydrogen-bond donors (Lipinski definition) is 2. The lowest BCUT2D eigenvalue weighted by atomic mass is 9.77. The number of halogens is 1. The van der Waals surface area contributed by atoms with Gasteiger partial charge in [-0.1, -0.05) is 11.6 Å².